The van der Waals surface area contributed by atoms with Gasteiger partial charge in [-0.3, -0.25) is 4.98 Å². The van der Waals surface area contributed by atoms with Gasteiger partial charge in [0, 0.05) is 25.0 Å². The molecule has 1 aromatic heterocycles. The van der Waals surface area contributed by atoms with E-state index in [1.807, 2.05) is 12.1 Å². The van der Waals surface area contributed by atoms with Gasteiger partial charge in [0.1, 0.15) is 0 Å². The van der Waals surface area contributed by atoms with Crippen molar-refractivity contribution in [2.45, 2.75) is 46.3 Å². The fourth-order valence-electron chi connectivity index (χ4n) is 1.86. The third-order valence-corrected chi connectivity index (χ3v) is 2.71. The average Bonchev–Trinajstić information content (AvgIpc) is 2.25. The Morgan fingerprint density at radius 1 is 1.29 bits per heavy atom. The molecule has 0 radical (unpaired) electrons. The molecule has 1 aromatic rings. The molecule has 2 unspecified atom stereocenters. The first kappa shape index (κ1) is 14.1. The van der Waals surface area contributed by atoms with Gasteiger partial charge in [0.25, 0.3) is 0 Å². The van der Waals surface area contributed by atoms with Crippen molar-refractivity contribution in [3.05, 3.63) is 30.1 Å². The van der Waals surface area contributed by atoms with Gasteiger partial charge in [-0.15, -0.1) is 0 Å². The smallest absolute Gasteiger partial charge is 0.0669 e. The number of nitrogens with one attached hydrogen (secondary N) is 1. The van der Waals surface area contributed by atoms with Gasteiger partial charge in [-0.2, -0.15) is 0 Å². The summed E-state index contributed by atoms with van der Waals surface area (Å²) >= 11 is 0. The minimum absolute atomic E-state index is 0.168. The topological polar surface area (TPSA) is 45.1 Å². The molecule has 2 N–H and O–H groups in total. The van der Waals surface area contributed by atoms with Crippen molar-refractivity contribution in [2.75, 3.05) is 6.54 Å². The summed E-state index contributed by atoms with van der Waals surface area (Å²) in [6, 6.07) is 4.23. The van der Waals surface area contributed by atoms with Crippen LogP contribution >= 0.6 is 0 Å². The largest absolute Gasteiger partial charge is 0.392 e. The third kappa shape index (κ3) is 5.80. The van der Waals surface area contributed by atoms with Gasteiger partial charge >= 0.3 is 0 Å². The van der Waals surface area contributed by atoms with E-state index in [0.29, 0.717) is 6.54 Å². The molecule has 3 heteroatoms. The van der Waals surface area contributed by atoms with Crippen molar-refractivity contribution in [3.63, 3.8) is 0 Å². The number of rotatable bonds is 5. The van der Waals surface area contributed by atoms with Crippen molar-refractivity contribution in [3.8, 4) is 0 Å². The second kappa shape index (κ2) is 6.12. The molecule has 0 saturated carbocycles. The molecule has 0 bridgehead atoms. The fraction of sp³-hybridized carbons (Fsp3) is 0.643. The van der Waals surface area contributed by atoms with Gasteiger partial charge in [0.2, 0.25) is 0 Å². The molecule has 0 spiro atoms. The molecule has 0 aliphatic carbocycles. The SMILES string of the molecule is CC(NCC(O)CC(C)(C)C)c1ccncc1. The number of pyridine rings is 1. The van der Waals surface area contributed by atoms with Crippen LogP contribution in [0.3, 0.4) is 0 Å². The van der Waals surface area contributed by atoms with Crippen LogP contribution in [0.15, 0.2) is 24.5 Å². The highest BCUT2D eigenvalue weighted by molar-refractivity contribution is 5.13. The van der Waals surface area contributed by atoms with Crippen molar-refractivity contribution >= 4 is 0 Å². The first-order valence-electron chi connectivity index (χ1n) is 6.20. The van der Waals surface area contributed by atoms with Crippen molar-refractivity contribution in [1.29, 1.82) is 0 Å². The van der Waals surface area contributed by atoms with Gasteiger partial charge in [-0.25, -0.2) is 0 Å². The molecule has 1 rings (SSSR count). The molecular formula is C14H24N2O. The maximum Gasteiger partial charge on any atom is 0.0669 e. The van der Waals surface area contributed by atoms with E-state index in [4.69, 9.17) is 0 Å². The molecule has 0 aliphatic heterocycles. The number of hydrogen-bond acceptors (Lipinski definition) is 3. The average molecular weight is 236 g/mol. The van der Waals surface area contributed by atoms with Crippen molar-refractivity contribution < 1.29 is 5.11 Å². The lowest BCUT2D eigenvalue weighted by Gasteiger charge is -2.24. The predicted octanol–water partition coefficient (Wildman–Crippen LogP) is 2.53. The Kier molecular flexibility index (Phi) is 5.09. The molecule has 0 aromatic carbocycles. The van der Waals surface area contributed by atoms with Crippen LogP contribution in [0, 0.1) is 5.41 Å². The summed E-state index contributed by atoms with van der Waals surface area (Å²) in [5.41, 5.74) is 1.36. The molecule has 3 nitrogen and oxygen atoms in total. The van der Waals surface area contributed by atoms with E-state index in [9.17, 15) is 5.11 Å². The van der Waals surface area contributed by atoms with Crippen molar-refractivity contribution in [1.82, 2.24) is 10.3 Å². The van der Waals surface area contributed by atoms with Crippen LogP contribution in [0.4, 0.5) is 0 Å². The van der Waals surface area contributed by atoms with Crippen LogP contribution in [0.25, 0.3) is 0 Å². The van der Waals surface area contributed by atoms with E-state index < -0.39 is 0 Å². The second-order valence-corrected chi connectivity index (χ2v) is 5.83. The summed E-state index contributed by atoms with van der Waals surface area (Å²) in [5.74, 6) is 0. The zero-order valence-electron chi connectivity index (χ0n) is 11.3. The first-order chi connectivity index (χ1) is 7.88. The Morgan fingerprint density at radius 2 is 1.88 bits per heavy atom. The summed E-state index contributed by atoms with van der Waals surface area (Å²) in [4.78, 5) is 3.99. The molecule has 0 saturated heterocycles. The zero-order valence-corrected chi connectivity index (χ0v) is 11.3. The van der Waals surface area contributed by atoms with Gasteiger partial charge in [0.15, 0.2) is 0 Å². The van der Waals surface area contributed by atoms with Crippen LogP contribution in [-0.2, 0) is 0 Å². The van der Waals surface area contributed by atoms with Gasteiger partial charge < -0.3 is 10.4 Å². The highest BCUT2D eigenvalue weighted by Gasteiger charge is 2.17. The summed E-state index contributed by atoms with van der Waals surface area (Å²) in [7, 11) is 0. The number of aliphatic hydroxyl groups excluding tert-OH is 1. The lowest BCUT2D eigenvalue weighted by Crippen LogP contribution is -2.31. The normalized spacial score (nSPS) is 15.6. The molecule has 96 valence electrons. The van der Waals surface area contributed by atoms with E-state index in [1.165, 1.54) is 5.56 Å². The molecule has 2 atom stereocenters. The molecule has 1 heterocycles. The summed E-state index contributed by atoms with van der Waals surface area (Å²) in [6.45, 7) is 9.15. The van der Waals surface area contributed by atoms with Crippen LogP contribution in [-0.4, -0.2) is 22.7 Å². The Morgan fingerprint density at radius 3 is 2.41 bits per heavy atom. The molecule has 0 amide bonds. The Bertz CT molecular complexity index is 319. The van der Waals surface area contributed by atoms with E-state index >= 15 is 0 Å². The van der Waals surface area contributed by atoms with Crippen LogP contribution in [0.5, 0.6) is 0 Å². The minimum atomic E-state index is -0.292. The highest BCUT2D eigenvalue weighted by Crippen LogP contribution is 2.20. The predicted molar refractivity (Wildman–Crippen MR) is 70.7 cm³/mol. The lowest BCUT2D eigenvalue weighted by molar-refractivity contribution is 0.117. The maximum atomic E-state index is 9.91. The second-order valence-electron chi connectivity index (χ2n) is 5.83. The van der Waals surface area contributed by atoms with E-state index in [0.717, 1.165) is 6.42 Å². The highest BCUT2D eigenvalue weighted by atomic mass is 16.3. The number of nitrogens with zero attached hydrogens (tertiary/aromatic N) is 1. The molecular weight excluding hydrogens is 212 g/mol. The van der Waals surface area contributed by atoms with E-state index in [1.54, 1.807) is 12.4 Å². The van der Waals surface area contributed by atoms with Crippen LogP contribution in [0.2, 0.25) is 0 Å². The third-order valence-electron chi connectivity index (χ3n) is 2.71. The molecule has 17 heavy (non-hydrogen) atoms. The maximum absolute atomic E-state index is 9.91. The number of aliphatic hydroxyl groups is 1. The Balaban J connectivity index is 2.36. The summed E-state index contributed by atoms with van der Waals surface area (Å²) in [5, 5.41) is 13.2. The zero-order chi connectivity index (χ0) is 12.9. The summed E-state index contributed by atoms with van der Waals surface area (Å²) < 4.78 is 0. The number of hydrogen-bond donors (Lipinski definition) is 2. The van der Waals surface area contributed by atoms with Crippen molar-refractivity contribution in [2.24, 2.45) is 5.41 Å². The van der Waals surface area contributed by atoms with E-state index in [-0.39, 0.29) is 17.6 Å². The van der Waals surface area contributed by atoms with E-state index in [2.05, 4.69) is 38.0 Å². The van der Waals surface area contributed by atoms with Gasteiger partial charge in [-0.05, 0) is 36.5 Å². The fourth-order valence-corrected chi connectivity index (χ4v) is 1.86. The minimum Gasteiger partial charge on any atom is -0.392 e. The number of aromatic nitrogens is 1. The van der Waals surface area contributed by atoms with Gasteiger partial charge in [0.05, 0.1) is 6.10 Å². The van der Waals surface area contributed by atoms with Crippen LogP contribution in [0.1, 0.15) is 45.7 Å². The summed E-state index contributed by atoms with van der Waals surface area (Å²) in [6.07, 6.45) is 4.10. The quantitative estimate of drug-likeness (QED) is 0.825. The molecule has 0 fully saturated rings. The monoisotopic (exact) mass is 236 g/mol. The van der Waals surface area contributed by atoms with Gasteiger partial charge in [-0.1, -0.05) is 20.8 Å². The molecule has 0 aliphatic rings. The Labute approximate surface area is 104 Å². The standard InChI is InChI=1S/C14H24N2O/c1-11(12-5-7-15-8-6-12)16-10-13(17)9-14(2,3)4/h5-8,11,13,16-17H,9-10H2,1-4H3. The van der Waals surface area contributed by atoms with Crippen LogP contribution < -0.4 is 5.32 Å². The lowest BCUT2D eigenvalue weighted by atomic mass is 9.89. The first-order valence-corrected chi connectivity index (χ1v) is 6.20. The Hall–Kier alpha value is -0.930.